The highest BCUT2D eigenvalue weighted by Crippen LogP contribution is 2.35. The molecule has 0 N–H and O–H groups in total. The summed E-state index contributed by atoms with van der Waals surface area (Å²) in [4.78, 5) is 0. The molecule has 0 aromatic heterocycles. The Hall–Kier alpha value is -0.890. The Morgan fingerprint density at radius 1 is 1.33 bits per heavy atom. The predicted octanol–water partition coefficient (Wildman–Crippen LogP) is 2.72. The fraction of sp³-hybridized carbons (Fsp3) is 0.333. The number of fused-ring (bicyclic) bond motifs is 1. The van der Waals surface area contributed by atoms with E-state index in [4.69, 9.17) is 21.1 Å². The van der Waals surface area contributed by atoms with Crippen LogP contribution in [-0.2, 0) is 0 Å². The SMILES string of the molecule is C[C@@H](Cl)c1ccc2c(c1)OCO2. The lowest BCUT2D eigenvalue weighted by atomic mass is 10.1. The minimum Gasteiger partial charge on any atom is -0.454 e. The van der Waals surface area contributed by atoms with Gasteiger partial charge in [0.15, 0.2) is 11.5 Å². The second kappa shape index (κ2) is 2.87. The monoisotopic (exact) mass is 184 g/mol. The van der Waals surface area contributed by atoms with Crippen LogP contribution in [0.3, 0.4) is 0 Å². The Kier molecular flexibility index (Phi) is 1.85. The van der Waals surface area contributed by atoms with Crippen molar-refractivity contribution < 1.29 is 9.47 Å². The van der Waals surface area contributed by atoms with E-state index in [1.165, 1.54) is 0 Å². The van der Waals surface area contributed by atoms with Crippen LogP contribution in [0.5, 0.6) is 11.5 Å². The van der Waals surface area contributed by atoms with E-state index in [1.807, 2.05) is 25.1 Å². The minimum absolute atomic E-state index is 0.0134. The largest absolute Gasteiger partial charge is 0.454 e. The van der Waals surface area contributed by atoms with Gasteiger partial charge in [0.2, 0.25) is 6.79 Å². The highest BCUT2D eigenvalue weighted by molar-refractivity contribution is 6.20. The summed E-state index contributed by atoms with van der Waals surface area (Å²) in [7, 11) is 0. The zero-order valence-electron chi connectivity index (χ0n) is 6.71. The zero-order valence-corrected chi connectivity index (χ0v) is 7.47. The summed E-state index contributed by atoms with van der Waals surface area (Å²) in [6.07, 6.45) is 0. The summed E-state index contributed by atoms with van der Waals surface area (Å²) < 4.78 is 10.4. The molecule has 0 spiro atoms. The Morgan fingerprint density at radius 2 is 2.08 bits per heavy atom. The molecule has 1 aromatic carbocycles. The molecule has 0 saturated carbocycles. The Labute approximate surface area is 76.1 Å². The number of hydrogen-bond donors (Lipinski definition) is 0. The first-order chi connectivity index (χ1) is 5.77. The van der Waals surface area contributed by atoms with E-state index in [0.29, 0.717) is 6.79 Å². The Balaban J connectivity index is 2.39. The molecule has 2 nitrogen and oxygen atoms in total. The van der Waals surface area contributed by atoms with Gasteiger partial charge in [0.25, 0.3) is 0 Å². The molecule has 0 aliphatic carbocycles. The summed E-state index contributed by atoms with van der Waals surface area (Å²) in [5, 5.41) is 0.0134. The topological polar surface area (TPSA) is 18.5 Å². The van der Waals surface area contributed by atoms with Gasteiger partial charge in [-0.25, -0.2) is 0 Å². The Morgan fingerprint density at radius 3 is 2.83 bits per heavy atom. The van der Waals surface area contributed by atoms with Gasteiger partial charge in [0.05, 0.1) is 5.38 Å². The van der Waals surface area contributed by atoms with Crippen molar-refractivity contribution >= 4 is 11.6 Å². The average molecular weight is 185 g/mol. The van der Waals surface area contributed by atoms with E-state index in [0.717, 1.165) is 17.1 Å². The summed E-state index contributed by atoms with van der Waals surface area (Å²) in [6, 6.07) is 5.75. The van der Waals surface area contributed by atoms with Gasteiger partial charge in [-0.3, -0.25) is 0 Å². The highest BCUT2D eigenvalue weighted by Gasteiger charge is 2.14. The van der Waals surface area contributed by atoms with Crippen LogP contribution < -0.4 is 9.47 Å². The summed E-state index contributed by atoms with van der Waals surface area (Å²) >= 11 is 5.91. The van der Waals surface area contributed by atoms with Crippen molar-refractivity contribution in [3.63, 3.8) is 0 Å². The van der Waals surface area contributed by atoms with Crippen molar-refractivity contribution in [1.82, 2.24) is 0 Å². The predicted molar refractivity (Wildman–Crippen MR) is 46.8 cm³/mol. The maximum Gasteiger partial charge on any atom is 0.231 e. The van der Waals surface area contributed by atoms with Crippen LogP contribution in [-0.4, -0.2) is 6.79 Å². The van der Waals surface area contributed by atoms with Gasteiger partial charge < -0.3 is 9.47 Å². The van der Waals surface area contributed by atoms with Gasteiger partial charge in [-0.2, -0.15) is 0 Å². The van der Waals surface area contributed by atoms with Crippen LogP contribution in [0.2, 0.25) is 0 Å². The molecule has 1 heterocycles. The molecule has 0 amide bonds. The van der Waals surface area contributed by atoms with Gasteiger partial charge in [0, 0.05) is 0 Å². The maximum absolute atomic E-state index is 5.91. The lowest BCUT2D eigenvalue weighted by molar-refractivity contribution is 0.174. The lowest BCUT2D eigenvalue weighted by Gasteiger charge is -2.03. The van der Waals surface area contributed by atoms with Crippen LogP contribution in [0, 0.1) is 0 Å². The van der Waals surface area contributed by atoms with Crippen molar-refractivity contribution in [2.75, 3.05) is 6.79 Å². The minimum atomic E-state index is 0.0134. The summed E-state index contributed by atoms with van der Waals surface area (Å²) in [5.41, 5.74) is 1.06. The highest BCUT2D eigenvalue weighted by atomic mass is 35.5. The summed E-state index contributed by atoms with van der Waals surface area (Å²) in [6.45, 7) is 2.24. The van der Waals surface area contributed by atoms with E-state index in [2.05, 4.69) is 0 Å². The molecule has 12 heavy (non-hydrogen) atoms. The third-order valence-electron chi connectivity index (χ3n) is 1.86. The van der Waals surface area contributed by atoms with Crippen molar-refractivity contribution in [2.24, 2.45) is 0 Å². The first-order valence-electron chi connectivity index (χ1n) is 3.81. The number of alkyl halides is 1. The van der Waals surface area contributed by atoms with Crippen LogP contribution in [0.25, 0.3) is 0 Å². The molecular formula is C9H9ClO2. The molecule has 1 aliphatic heterocycles. The maximum atomic E-state index is 5.91. The summed E-state index contributed by atoms with van der Waals surface area (Å²) in [5.74, 6) is 1.59. The molecule has 0 unspecified atom stereocenters. The molecule has 1 aliphatic rings. The average Bonchev–Trinajstić information content (AvgIpc) is 2.49. The van der Waals surface area contributed by atoms with Crippen LogP contribution in [0.15, 0.2) is 18.2 Å². The van der Waals surface area contributed by atoms with E-state index in [9.17, 15) is 0 Å². The standard InChI is InChI=1S/C9H9ClO2/c1-6(10)7-2-3-8-9(4-7)12-5-11-8/h2-4,6H,5H2,1H3/t6-/m1/s1. The van der Waals surface area contributed by atoms with Crippen LogP contribution in [0.4, 0.5) is 0 Å². The lowest BCUT2D eigenvalue weighted by Crippen LogP contribution is -1.92. The van der Waals surface area contributed by atoms with Crippen LogP contribution in [0.1, 0.15) is 17.9 Å². The normalized spacial score (nSPS) is 16.2. The number of benzene rings is 1. The van der Waals surface area contributed by atoms with E-state index < -0.39 is 0 Å². The number of ether oxygens (including phenoxy) is 2. The van der Waals surface area contributed by atoms with Crippen molar-refractivity contribution in [1.29, 1.82) is 0 Å². The first kappa shape index (κ1) is 7.74. The quantitative estimate of drug-likeness (QED) is 0.625. The van der Waals surface area contributed by atoms with Gasteiger partial charge in [0.1, 0.15) is 0 Å². The third kappa shape index (κ3) is 1.23. The van der Waals surface area contributed by atoms with Gasteiger partial charge >= 0.3 is 0 Å². The van der Waals surface area contributed by atoms with E-state index >= 15 is 0 Å². The molecular weight excluding hydrogens is 176 g/mol. The van der Waals surface area contributed by atoms with Gasteiger partial charge in [-0.1, -0.05) is 6.07 Å². The molecule has 0 fully saturated rings. The van der Waals surface area contributed by atoms with Crippen LogP contribution >= 0.6 is 11.6 Å². The third-order valence-corrected chi connectivity index (χ3v) is 2.11. The van der Waals surface area contributed by atoms with Crippen molar-refractivity contribution in [3.8, 4) is 11.5 Å². The number of rotatable bonds is 1. The van der Waals surface area contributed by atoms with E-state index in [-0.39, 0.29) is 5.38 Å². The zero-order chi connectivity index (χ0) is 8.55. The van der Waals surface area contributed by atoms with Gasteiger partial charge in [-0.15, -0.1) is 11.6 Å². The molecule has 0 radical (unpaired) electrons. The van der Waals surface area contributed by atoms with Crippen molar-refractivity contribution in [3.05, 3.63) is 23.8 Å². The second-order valence-electron chi connectivity index (χ2n) is 2.73. The molecule has 1 atom stereocenters. The van der Waals surface area contributed by atoms with Crippen molar-refractivity contribution in [2.45, 2.75) is 12.3 Å². The molecule has 3 heteroatoms. The van der Waals surface area contributed by atoms with Gasteiger partial charge in [-0.05, 0) is 24.6 Å². The smallest absolute Gasteiger partial charge is 0.231 e. The molecule has 1 aromatic rings. The fourth-order valence-corrected chi connectivity index (χ4v) is 1.30. The fourth-order valence-electron chi connectivity index (χ4n) is 1.16. The second-order valence-corrected chi connectivity index (χ2v) is 3.38. The molecule has 0 bridgehead atoms. The molecule has 64 valence electrons. The molecule has 0 saturated heterocycles. The Bertz CT molecular complexity index is 297. The number of hydrogen-bond acceptors (Lipinski definition) is 2. The first-order valence-corrected chi connectivity index (χ1v) is 4.24. The number of halogens is 1. The molecule has 2 rings (SSSR count). The van der Waals surface area contributed by atoms with E-state index in [1.54, 1.807) is 0 Å².